The van der Waals surface area contributed by atoms with E-state index in [1.165, 1.54) is 5.75 Å². The number of thioether (sulfide) groups is 2. The molecular weight excluding hydrogens is 280 g/mol. The number of aromatic nitrogens is 2. The van der Waals surface area contributed by atoms with Gasteiger partial charge in [0.1, 0.15) is 5.75 Å². The largest absolute Gasteiger partial charge is 0.508 e. The fourth-order valence-electron chi connectivity index (χ4n) is 1.93. The van der Waals surface area contributed by atoms with Gasteiger partial charge in [-0.25, -0.2) is 0 Å². The molecule has 2 heterocycles. The molecule has 2 aromatic rings. The third-order valence-corrected chi connectivity index (χ3v) is 5.67. The van der Waals surface area contributed by atoms with Gasteiger partial charge in [-0.1, -0.05) is 23.4 Å². The van der Waals surface area contributed by atoms with E-state index in [-0.39, 0.29) is 5.75 Å². The second-order valence-electron chi connectivity index (χ2n) is 4.29. The first kappa shape index (κ1) is 12.9. The van der Waals surface area contributed by atoms with Gasteiger partial charge in [-0.15, -0.1) is 11.8 Å². The average molecular weight is 294 g/mol. The summed E-state index contributed by atoms with van der Waals surface area (Å²) in [6.45, 7) is 0. The summed E-state index contributed by atoms with van der Waals surface area (Å²) in [5, 5.41) is 14.1. The van der Waals surface area contributed by atoms with Crippen molar-refractivity contribution in [3.05, 3.63) is 41.5 Å². The summed E-state index contributed by atoms with van der Waals surface area (Å²) in [4.78, 5) is 4.45. The molecule has 1 atom stereocenters. The normalized spacial score (nSPS) is 19.5. The molecule has 19 heavy (non-hydrogen) atoms. The van der Waals surface area contributed by atoms with Gasteiger partial charge in [-0.2, -0.15) is 16.7 Å². The lowest BCUT2D eigenvalue weighted by molar-refractivity contribution is 0.377. The number of nitrogens with zero attached hydrogens (tertiary/aromatic N) is 2. The van der Waals surface area contributed by atoms with Gasteiger partial charge >= 0.3 is 0 Å². The fourth-order valence-corrected chi connectivity index (χ4v) is 4.52. The average Bonchev–Trinajstić information content (AvgIpc) is 2.91. The molecule has 3 rings (SSSR count). The monoisotopic (exact) mass is 294 g/mol. The van der Waals surface area contributed by atoms with Crippen molar-refractivity contribution < 1.29 is 9.63 Å². The van der Waals surface area contributed by atoms with Crippen LogP contribution in [0.3, 0.4) is 0 Å². The van der Waals surface area contributed by atoms with Crippen LogP contribution < -0.4 is 0 Å². The van der Waals surface area contributed by atoms with Crippen LogP contribution in [0.1, 0.15) is 22.5 Å². The molecule has 1 fully saturated rings. The number of hydrogen-bond donors (Lipinski definition) is 1. The van der Waals surface area contributed by atoms with E-state index in [4.69, 9.17) is 4.52 Å². The van der Waals surface area contributed by atoms with E-state index < -0.39 is 0 Å². The van der Waals surface area contributed by atoms with Crippen LogP contribution in [-0.2, 0) is 6.42 Å². The number of phenols is 1. The highest BCUT2D eigenvalue weighted by Crippen LogP contribution is 2.35. The molecule has 4 nitrogen and oxygen atoms in total. The van der Waals surface area contributed by atoms with Crippen molar-refractivity contribution in [2.45, 2.75) is 11.7 Å². The Morgan fingerprint density at radius 1 is 1.32 bits per heavy atom. The summed E-state index contributed by atoms with van der Waals surface area (Å²) in [6.07, 6.45) is 0.476. The Labute approximate surface area is 120 Å². The lowest BCUT2D eigenvalue weighted by atomic mass is 10.1. The molecule has 6 heteroatoms. The summed E-state index contributed by atoms with van der Waals surface area (Å²) in [5.41, 5.74) is 0.809. The molecule has 0 aliphatic carbocycles. The smallest absolute Gasteiger partial charge is 0.231 e. The second-order valence-corrected chi connectivity index (χ2v) is 6.75. The maximum absolute atomic E-state index is 9.73. The van der Waals surface area contributed by atoms with E-state index in [0.717, 1.165) is 22.9 Å². The van der Waals surface area contributed by atoms with Crippen LogP contribution in [-0.4, -0.2) is 32.5 Å². The van der Waals surface area contributed by atoms with E-state index in [9.17, 15) is 5.11 Å². The van der Waals surface area contributed by atoms with E-state index in [1.807, 2.05) is 35.7 Å². The van der Waals surface area contributed by atoms with Crippen molar-refractivity contribution in [3.63, 3.8) is 0 Å². The summed E-state index contributed by atoms with van der Waals surface area (Å²) in [5.74, 6) is 4.99. The zero-order valence-corrected chi connectivity index (χ0v) is 11.9. The Bertz CT molecular complexity index is 553. The predicted molar refractivity (Wildman–Crippen MR) is 77.7 cm³/mol. The van der Waals surface area contributed by atoms with Crippen LogP contribution in [0.4, 0.5) is 0 Å². The first-order valence-electron chi connectivity index (χ1n) is 6.11. The Morgan fingerprint density at radius 3 is 3.00 bits per heavy atom. The number of para-hydroxylation sites is 1. The number of rotatable bonds is 3. The van der Waals surface area contributed by atoms with Crippen molar-refractivity contribution in [3.8, 4) is 5.75 Å². The number of hydrogen-bond acceptors (Lipinski definition) is 6. The Balaban J connectivity index is 1.73. The maximum atomic E-state index is 9.73. The van der Waals surface area contributed by atoms with Crippen molar-refractivity contribution in [2.24, 2.45) is 0 Å². The van der Waals surface area contributed by atoms with E-state index in [0.29, 0.717) is 17.6 Å². The summed E-state index contributed by atoms with van der Waals surface area (Å²) >= 11 is 3.81. The van der Waals surface area contributed by atoms with Crippen molar-refractivity contribution in [2.75, 3.05) is 17.3 Å². The fraction of sp³-hybridized carbons (Fsp3) is 0.385. The first-order valence-corrected chi connectivity index (χ1v) is 8.32. The molecule has 1 N–H and O–H groups in total. The van der Waals surface area contributed by atoms with Gasteiger partial charge in [0.05, 0.1) is 11.7 Å². The standard InChI is InChI=1S/C13H14N2O2S2/c16-10-4-2-1-3-9(10)7-12-14-13(15-17-12)11-8-18-5-6-19-11/h1-4,11,16H,5-8H2. The summed E-state index contributed by atoms with van der Waals surface area (Å²) < 4.78 is 5.28. The van der Waals surface area contributed by atoms with E-state index in [1.54, 1.807) is 12.1 Å². The molecule has 1 aliphatic rings. The second kappa shape index (κ2) is 5.88. The SMILES string of the molecule is Oc1ccccc1Cc1nc(C2CSCCS2)no1. The van der Waals surface area contributed by atoms with Crippen LogP contribution in [0.15, 0.2) is 28.8 Å². The lowest BCUT2D eigenvalue weighted by Gasteiger charge is -2.16. The topological polar surface area (TPSA) is 59.2 Å². The van der Waals surface area contributed by atoms with Gasteiger partial charge in [-0.05, 0) is 6.07 Å². The van der Waals surface area contributed by atoms with Crippen LogP contribution in [0.5, 0.6) is 5.75 Å². The molecule has 100 valence electrons. The molecule has 0 amide bonds. The summed E-state index contributed by atoms with van der Waals surface area (Å²) in [7, 11) is 0. The van der Waals surface area contributed by atoms with Gasteiger partial charge in [0.2, 0.25) is 5.89 Å². The maximum Gasteiger partial charge on any atom is 0.231 e. The van der Waals surface area contributed by atoms with Crippen LogP contribution in [0.25, 0.3) is 0 Å². The highest BCUT2D eigenvalue weighted by atomic mass is 32.2. The zero-order valence-electron chi connectivity index (χ0n) is 10.3. The number of benzene rings is 1. The Kier molecular flexibility index (Phi) is 3.98. The van der Waals surface area contributed by atoms with Gasteiger partial charge < -0.3 is 9.63 Å². The highest BCUT2D eigenvalue weighted by Gasteiger charge is 2.22. The molecule has 0 bridgehead atoms. The zero-order chi connectivity index (χ0) is 13.1. The lowest BCUT2D eigenvalue weighted by Crippen LogP contribution is -2.08. The van der Waals surface area contributed by atoms with Crippen LogP contribution in [0, 0.1) is 0 Å². The molecule has 0 saturated carbocycles. The number of phenolic OH excluding ortho intramolecular Hbond substituents is 1. The highest BCUT2D eigenvalue weighted by molar-refractivity contribution is 8.06. The van der Waals surface area contributed by atoms with Crippen molar-refractivity contribution in [1.29, 1.82) is 0 Å². The van der Waals surface area contributed by atoms with Crippen LogP contribution >= 0.6 is 23.5 Å². The molecule has 1 unspecified atom stereocenters. The minimum absolute atomic E-state index is 0.268. The van der Waals surface area contributed by atoms with E-state index in [2.05, 4.69) is 10.1 Å². The molecule has 0 radical (unpaired) electrons. The van der Waals surface area contributed by atoms with Gasteiger partial charge in [-0.3, -0.25) is 0 Å². The molecule has 1 aliphatic heterocycles. The quantitative estimate of drug-likeness (QED) is 0.939. The van der Waals surface area contributed by atoms with Gasteiger partial charge in [0.25, 0.3) is 0 Å². The summed E-state index contributed by atoms with van der Waals surface area (Å²) in [6, 6.07) is 7.22. The Morgan fingerprint density at radius 2 is 2.21 bits per heavy atom. The molecule has 1 aromatic heterocycles. The van der Waals surface area contributed by atoms with Crippen molar-refractivity contribution in [1.82, 2.24) is 10.1 Å². The van der Waals surface area contributed by atoms with Crippen molar-refractivity contribution >= 4 is 23.5 Å². The number of aromatic hydroxyl groups is 1. The first-order chi connectivity index (χ1) is 9.33. The van der Waals surface area contributed by atoms with Gasteiger partial charge in [0.15, 0.2) is 5.82 Å². The molecule has 1 saturated heterocycles. The van der Waals surface area contributed by atoms with E-state index >= 15 is 0 Å². The molecular formula is C13H14N2O2S2. The minimum atomic E-state index is 0.268. The molecule has 0 spiro atoms. The van der Waals surface area contributed by atoms with Gasteiger partial charge in [0, 0.05) is 22.8 Å². The van der Waals surface area contributed by atoms with Crippen LogP contribution in [0.2, 0.25) is 0 Å². The third-order valence-electron chi connectivity index (χ3n) is 2.92. The Hall–Kier alpha value is -1.14. The molecule has 1 aromatic carbocycles. The third kappa shape index (κ3) is 3.06. The predicted octanol–water partition coefficient (Wildman–Crippen LogP) is 2.89. The minimum Gasteiger partial charge on any atom is -0.508 e.